The molecule has 2 saturated carbocycles. The number of aromatic nitrogens is 1. The number of H-pyrrole nitrogens is 1. The van der Waals surface area contributed by atoms with Crippen LogP contribution in [0.4, 0.5) is 0 Å². The lowest BCUT2D eigenvalue weighted by atomic mass is 9.86. The Kier molecular flexibility index (Phi) is 5.49. The Bertz CT molecular complexity index is 720. The second-order valence-electron chi connectivity index (χ2n) is 7.57. The normalized spacial score (nSPS) is 23.9. The van der Waals surface area contributed by atoms with Gasteiger partial charge in [0.1, 0.15) is 0 Å². The van der Waals surface area contributed by atoms with Crippen LogP contribution in [0.2, 0.25) is 0 Å². The number of Topliss-reactive ketones (excluding diaryl/α,β-unsaturated/α-hetero) is 1. The van der Waals surface area contributed by atoms with Gasteiger partial charge in [-0.2, -0.15) is 0 Å². The second-order valence-corrected chi connectivity index (χ2v) is 7.57. The Morgan fingerprint density at radius 3 is 2.38 bits per heavy atom. The van der Waals surface area contributed by atoms with Gasteiger partial charge in [-0.1, -0.05) is 6.42 Å². The van der Waals surface area contributed by atoms with Gasteiger partial charge in [0.2, 0.25) is 5.78 Å². The van der Waals surface area contributed by atoms with Crippen LogP contribution in [0.5, 0.6) is 0 Å². The standard InChI is InChI=1S/C20H27NO5/c1-4-25-20(24)19-12(3)21-11(2)18(19)16(22)10-26-17(23)9-15-8-13-5-6-14(15)7-13/h13-15,21H,4-10H2,1-3H3/t13-,14+,15-/m0/s1. The summed E-state index contributed by atoms with van der Waals surface area (Å²) in [6, 6.07) is 0. The molecule has 2 aliphatic carbocycles. The largest absolute Gasteiger partial charge is 0.462 e. The maximum absolute atomic E-state index is 12.6. The maximum atomic E-state index is 12.6. The second kappa shape index (κ2) is 7.64. The van der Waals surface area contributed by atoms with Crippen LogP contribution in [0.15, 0.2) is 0 Å². The van der Waals surface area contributed by atoms with Crippen LogP contribution >= 0.6 is 0 Å². The Labute approximate surface area is 153 Å². The van der Waals surface area contributed by atoms with E-state index in [1.54, 1.807) is 20.8 Å². The van der Waals surface area contributed by atoms with Crippen molar-refractivity contribution >= 4 is 17.7 Å². The van der Waals surface area contributed by atoms with Crippen LogP contribution in [-0.2, 0) is 14.3 Å². The molecule has 1 aromatic rings. The molecular weight excluding hydrogens is 334 g/mol. The molecular formula is C20H27NO5. The van der Waals surface area contributed by atoms with Crippen molar-refractivity contribution in [2.45, 2.75) is 52.9 Å². The first kappa shape index (κ1) is 18.7. The lowest BCUT2D eigenvalue weighted by Crippen LogP contribution is -2.21. The molecule has 1 heterocycles. The predicted octanol–water partition coefficient (Wildman–Crippen LogP) is 3.36. The van der Waals surface area contributed by atoms with E-state index in [2.05, 4.69) is 4.98 Å². The van der Waals surface area contributed by atoms with Crippen LogP contribution in [0.1, 0.15) is 71.1 Å². The van der Waals surface area contributed by atoms with E-state index in [-0.39, 0.29) is 36.1 Å². The SMILES string of the molecule is CCOC(=O)c1c(C)[nH]c(C)c1C(=O)COC(=O)C[C@@H]1C[C@H]2CC[C@@H]1C2. The number of carbonyl (C=O) groups is 3. The molecule has 6 nitrogen and oxygen atoms in total. The number of ketones is 1. The Hall–Kier alpha value is -2.11. The first-order chi connectivity index (χ1) is 12.4. The summed E-state index contributed by atoms with van der Waals surface area (Å²) in [7, 11) is 0. The number of aromatic amines is 1. The molecule has 1 N–H and O–H groups in total. The zero-order valence-electron chi connectivity index (χ0n) is 15.7. The quantitative estimate of drug-likeness (QED) is 0.594. The number of hydrogen-bond acceptors (Lipinski definition) is 5. The molecule has 0 amide bonds. The fraction of sp³-hybridized carbons (Fsp3) is 0.650. The van der Waals surface area contributed by atoms with Crippen LogP contribution in [-0.4, -0.2) is 35.9 Å². The van der Waals surface area contributed by atoms with Gasteiger partial charge in [0.25, 0.3) is 0 Å². The third-order valence-electron chi connectivity index (χ3n) is 5.81. The summed E-state index contributed by atoms with van der Waals surface area (Å²) in [4.78, 5) is 39.9. The van der Waals surface area contributed by atoms with E-state index in [9.17, 15) is 14.4 Å². The van der Waals surface area contributed by atoms with E-state index in [0.29, 0.717) is 29.6 Å². The van der Waals surface area contributed by atoms with Crippen molar-refractivity contribution in [3.05, 3.63) is 22.5 Å². The first-order valence-corrected chi connectivity index (χ1v) is 9.45. The van der Waals surface area contributed by atoms with Crippen molar-refractivity contribution in [1.29, 1.82) is 0 Å². The van der Waals surface area contributed by atoms with Crippen molar-refractivity contribution in [2.24, 2.45) is 17.8 Å². The van der Waals surface area contributed by atoms with Gasteiger partial charge in [-0.15, -0.1) is 0 Å². The number of fused-ring (bicyclic) bond motifs is 2. The number of ether oxygens (including phenoxy) is 2. The van der Waals surface area contributed by atoms with Crippen LogP contribution < -0.4 is 0 Å². The van der Waals surface area contributed by atoms with Gasteiger partial charge in [0.15, 0.2) is 6.61 Å². The topological polar surface area (TPSA) is 85.5 Å². The summed E-state index contributed by atoms with van der Waals surface area (Å²) in [5.41, 5.74) is 1.66. The highest BCUT2D eigenvalue weighted by Gasteiger charge is 2.40. The Morgan fingerprint density at radius 1 is 1.04 bits per heavy atom. The molecule has 2 bridgehead atoms. The average Bonchev–Trinajstić information content (AvgIpc) is 3.26. The molecule has 2 aliphatic rings. The summed E-state index contributed by atoms with van der Waals surface area (Å²) < 4.78 is 10.3. The molecule has 0 radical (unpaired) electrons. The van der Waals surface area contributed by atoms with Crippen LogP contribution in [0.3, 0.4) is 0 Å². The minimum absolute atomic E-state index is 0.231. The molecule has 0 aliphatic heterocycles. The third-order valence-corrected chi connectivity index (χ3v) is 5.81. The predicted molar refractivity (Wildman–Crippen MR) is 95.1 cm³/mol. The number of nitrogens with one attached hydrogen (secondary N) is 1. The third kappa shape index (κ3) is 3.69. The summed E-state index contributed by atoms with van der Waals surface area (Å²) in [6.45, 7) is 5.04. The molecule has 3 atom stereocenters. The summed E-state index contributed by atoms with van der Waals surface area (Å²) in [5, 5.41) is 0. The van der Waals surface area contributed by atoms with Gasteiger partial charge in [-0.3, -0.25) is 9.59 Å². The van der Waals surface area contributed by atoms with E-state index in [1.165, 1.54) is 19.3 Å². The first-order valence-electron chi connectivity index (χ1n) is 9.45. The molecule has 0 saturated heterocycles. The summed E-state index contributed by atoms with van der Waals surface area (Å²) in [5.74, 6) is 0.591. The zero-order valence-corrected chi connectivity index (χ0v) is 15.7. The highest BCUT2D eigenvalue weighted by molar-refractivity contribution is 6.09. The van der Waals surface area contributed by atoms with Crippen molar-refractivity contribution in [2.75, 3.05) is 13.2 Å². The van der Waals surface area contributed by atoms with Crippen molar-refractivity contribution < 1.29 is 23.9 Å². The highest BCUT2D eigenvalue weighted by Crippen LogP contribution is 2.49. The van der Waals surface area contributed by atoms with E-state index >= 15 is 0 Å². The fourth-order valence-electron chi connectivity index (χ4n) is 4.71. The van der Waals surface area contributed by atoms with E-state index in [0.717, 1.165) is 12.3 Å². The summed E-state index contributed by atoms with van der Waals surface area (Å²) >= 11 is 0. The van der Waals surface area contributed by atoms with Crippen LogP contribution in [0, 0.1) is 31.6 Å². The van der Waals surface area contributed by atoms with Crippen molar-refractivity contribution in [3.8, 4) is 0 Å². The molecule has 6 heteroatoms. The van der Waals surface area contributed by atoms with Gasteiger partial charge in [-0.05, 0) is 57.8 Å². The average molecular weight is 361 g/mol. The fourth-order valence-corrected chi connectivity index (χ4v) is 4.71. The monoisotopic (exact) mass is 361 g/mol. The van der Waals surface area contributed by atoms with E-state index < -0.39 is 5.97 Å². The minimum Gasteiger partial charge on any atom is -0.462 e. The highest BCUT2D eigenvalue weighted by atomic mass is 16.5. The van der Waals surface area contributed by atoms with Gasteiger partial charge < -0.3 is 14.5 Å². The van der Waals surface area contributed by atoms with Gasteiger partial charge >= 0.3 is 11.9 Å². The number of hydrogen-bond donors (Lipinski definition) is 1. The van der Waals surface area contributed by atoms with Gasteiger partial charge in [-0.25, -0.2) is 4.79 Å². The molecule has 0 unspecified atom stereocenters. The Balaban J connectivity index is 1.59. The Morgan fingerprint density at radius 2 is 1.77 bits per heavy atom. The minimum atomic E-state index is -0.536. The number of esters is 2. The molecule has 0 aromatic carbocycles. The van der Waals surface area contributed by atoms with Crippen molar-refractivity contribution in [3.63, 3.8) is 0 Å². The molecule has 0 spiro atoms. The number of carbonyl (C=O) groups excluding carboxylic acids is 3. The molecule has 3 rings (SSSR count). The van der Waals surface area contributed by atoms with Gasteiger partial charge in [0, 0.05) is 17.8 Å². The molecule has 142 valence electrons. The van der Waals surface area contributed by atoms with E-state index in [1.807, 2.05) is 0 Å². The molecule has 26 heavy (non-hydrogen) atoms. The maximum Gasteiger partial charge on any atom is 0.340 e. The zero-order chi connectivity index (χ0) is 18.8. The number of rotatable bonds is 7. The smallest absolute Gasteiger partial charge is 0.340 e. The lowest BCUT2D eigenvalue weighted by Gasteiger charge is -2.20. The summed E-state index contributed by atoms with van der Waals surface area (Å²) in [6.07, 6.45) is 5.24. The van der Waals surface area contributed by atoms with Gasteiger partial charge in [0.05, 0.1) is 17.7 Å². The number of aryl methyl sites for hydroxylation is 2. The molecule has 1 aromatic heterocycles. The van der Waals surface area contributed by atoms with E-state index in [4.69, 9.17) is 9.47 Å². The van der Waals surface area contributed by atoms with Crippen LogP contribution in [0.25, 0.3) is 0 Å². The van der Waals surface area contributed by atoms with Crippen molar-refractivity contribution in [1.82, 2.24) is 4.98 Å². The molecule has 2 fully saturated rings. The lowest BCUT2D eigenvalue weighted by molar-refractivity contribution is -0.144.